The van der Waals surface area contributed by atoms with Crippen molar-refractivity contribution in [2.24, 2.45) is 5.73 Å². The molecule has 0 aliphatic carbocycles. The number of carbonyl (C=O) groups excluding carboxylic acids is 1. The van der Waals surface area contributed by atoms with Crippen molar-refractivity contribution in [3.05, 3.63) is 100 Å². The van der Waals surface area contributed by atoms with E-state index in [0.29, 0.717) is 35.5 Å². The van der Waals surface area contributed by atoms with Gasteiger partial charge >= 0.3 is 0 Å². The van der Waals surface area contributed by atoms with Crippen molar-refractivity contribution >= 4 is 23.1 Å². The molecule has 1 unspecified atom stereocenters. The molecule has 1 aromatic carbocycles. The second-order valence-corrected chi connectivity index (χ2v) is 8.00. The Morgan fingerprint density at radius 1 is 1.12 bits per heavy atom. The van der Waals surface area contributed by atoms with Gasteiger partial charge in [-0.3, -0.25) is 9.78 Å². The number of benzene rings is 1. The van der Waals surface area contributed by atoms with Gasteiger partial charge in [0.2, 0.25) is 5.91 Å². The zero-order valence-corrected chi connectivity index (χ0v) is 17.8. The summed E-state index contributed by atoms with van der Waals surface area (Å²) < 4.78 is 27.0. The van der Waals surface area contributed by atoms with Gasteiger partial charge in [0, 0.05) is 41.5 Å². The van der Waals surface area contributed by atoms with E-state index < -0.39 is 23.5 Å². The van der Waals surface area contributed by atoms with Crippen molar-refractivity contribution in [1.29, 1.82) is 0 Å². The number of carbonyl (C=O) groups is 1. The van der Waals surface area contributed by atoms with Gasteiger partial charge in [-0.05, 0) is 53.3 Å². The largest absolute Gasteiger partial charge is 0.369 e. The zero-order chi connectivity index (χ0) is 22.5. The SMILES string of the molecule is NC(=O)C(c1cccnc1)c1ccc(-c2ccsc2)nc1NCCc1cc(F)cc(F)c1. The van der Waals surface area contributed by atoms with Gasteiger partial charge in [-0.2, -0.15) is 11.3 Å². The number of nitrogens with two attached hydrogens (primary N) is 1. The molecule has 0 saturated heterocycles. The first-order valence-corrected chi connectivity index (χ1v) is 10.9. The molecule has 162 valence electrons. The predicted octanol–water partition coefficient (Wildman–Crippen LogP) is 4.76. The van der Waals surface area contributed by atoms with Gasteiger partial charge in [-0.1, -0.05) is 12.1 Å². The van der Waals surface area contributed by atoms with Crippen LogP contribution in [-0.4, -0.2) is 22.4 Å². The molecule has 4 rings (SSSR count). The highest BCUT2D eigenvalue weighted by Gasteiger charge is 2.24. The van der Waals surface area contributed by atoms with Crippen molar-refractivity contribution in [2.75, 3.05) is 11.9 Å². The lowest BCUT2D eigenvalue weighted by molar-refractivity contribution is -0.118. The maximum absolute atomic E-state index is 13.5. The first-order valence-electron chi connectivity index (χ1n) is 9.93. The summed E-state index contributed by atoms with van der Waals surface area (Å²) >= 11 is 1.56. The average Bonchev–Trinajstić information content (AvgIpc) is 3.30. The molecule has 1 atom stereocenters. The lowest BCUT2D eigenvalue weighted by Crippen LogP contribution is -2.24. The number of nitrogens with zero attached hydrogens (tertiary/aromatic N) is 2. The number of anilines is 1. The molecule has 32 heavy (non-hydrogen) atoms. The monoisotopic (exact) mass is 450 g/mol. The summed E-state index contributed by atoms with van der Waals surface area (Å²) in [4.78, 5) is 21.2. The van der Waals surface area contributed by atoms with E-state index in [2.05, 4.69) is 10.3 Å². The third-order valence-electron chi connectivity index (χ3n) is 4.99. The fourth-order valence-corrected chi connectivity index (χ4v) is 4.19. The van der Waals surface area contributed by atoms with Crippen LogP contribution < -0.4 is 11.1 Å². The van der Waals surface area contributed by atoms with Crippen LogP contribution >= 0.6 is 11.3 Å². The minimum absolute atomic E-state index is 0.356. The third-order valence-corrected chi connectivity index (χ3v) is 5.67. The van der Waals surface area contributed by atoms with Crippen LogP contribution in [-0.2, 0) is 11.2 Å². The van der Waals surface area contributed by atoms with E-state index in [-0.39, 0.29) is 0 Å². The van der Waals surface area contributed by atoms with Crippen LogP contribution in [0.15, 0.2) is 71.7 Å². The molecule has 0 aliphatic rings. The fraction of sp³-hybridized carbons (Fsp3) is 0.125. The summed E-state index contributed by atoms with van der Waals surface area (Å²) in [5.74, 6) is -2.04. The Bertz CT molecular complexity index is 1200. The quantitative estimate of drug-likeness (QED) is 0.406. The lowest BCUT2D eigenvalue weighted by atomic mass is 9.91. The molecule has 0 aliphatic heterocycles. The molecule has 8 heteroatoms. The van der Waals surface area contributed by atoms with Gasteiger partial charge < -0.3 is 11.1 Å². The summed E-state index contributed by atoms with van der Waals surface area (Å²) in [6.45, 7) is 0.356. The molecule has 0 saturated carbocycles. The maximum atomic E-state index is 13.5. The summed E-state index contributed by atoms with van der Waals surface area (Å²) in [5.41, 5.74) is 9.22. The molecule has 0 spiro atoms. The number of halogens is 2. The van der Waals surface area contributed by atoms with Gasteiger partial charge in [0.1, 0.15) is 17.5 Å². The Morgan fingerprint density at radius 3 is 2.59 bits per heavy atom. The maximum Gasteiger partial charge on any atom is 0.229 e. The molecule has 0 radical (unpaired) electrons. The van der Waals surface area contributed by atoms with Crippen molar-refractivity contribution in [3.8, 4) is 11.3 Å². The number of primary amides is 1. The molecule has 5 nitrogen and oxygen atoms in total. The minimum Gasteiger partial charge on any atom is -0.369 e. The molecule has 4 aromatic rings. The standard InChI is InChI=1S/C24H20F2N4OS/c25-18-10-15(11-19(26)12-18)5-8-29-24-20(3-4-21(30-24)17-6-9-32-14-17)22(23(27)31)16-2-1-7-28-13-16/h1-4,6-7,9-14,22H,5,8H2,(H2,27,31)(H,29,30). The number of thiophene rings is 1. The summed E-state index contributed by atoms with van der Waals surface area (Å²) in [6, 6.07) is 12.6. The number of aromatic nitrogens is 2. The van der Waals surface area contributed by atoms with Crippen molar-refractivity contribution < 1.29 is 13.6 Å². The van der Waals surface area contributed by atoms with Crippen LogP contribution in [0.2, 0.25) is 0 Å². The molecule has 0 fully saturated rings. The third kappa shape index (κ3) is 4.97. The predicted molar refractivity (Wildman–Crippen MR) is 121 cm³/mol. The van der Waals surface area contributed by atoms with E-state index in [0.717, 1.165) is 17.3 Å². The number of nitrogens with one attached hydrogen (secondary N) is 1. The molecular weight excluding hydrogens is 430 g/mol. The van der Waals surface area contributed by atoms with E-state index in [1.165, 1.54) is 12.1 Å². The molecule has 0 bridgehead atoms. The van der Waals surface area contributed by atoms with Crippen LogP contribution in [0.25, 0.3) is 11.3 Å². The Balaban J connectivity index is 1.67. The molecule has 3 aromatic heterocycles. The number of rotatable bonds is 8. The topological polar surface area (TPSA) is 80.9 Å². The smallest absolute Gasteiger partial charge is 0.229 e. The molecule has 3 N–H and O–H groups in total. The van der Waals surface area contributed by atoms with Crippen molar-refractivity contribution in [1.82, 2.24) is 9.97 Å². The van der Waals surface area contributed by atoms with E-state index in [4.69, 9.17) is 10.7 Å². The highest BCUT2D eigenvalue weighted by atomic mass is 32.1. The second kappa shape index (κ2) is 9.65. The highest BCUT2D eigenvalue weighted by molar-refractivity contribution is 7.08. The molecule has 3 heterocycles. The van der Waals surface area contributed by atoms with Gasteiger partial charge in [-0.25, -0.2) is 13.8 Å². The summed E-state index contributed by atoms with van der Waals surface area (Å²) in [6.07, 6.45) is 3.59. The Hall–Kier alpha value is -3.65. The van der Waals surface area contributed by atoms with Crippen molar-refractivity contribution in [3.63, 3.8) is 0 Å². The van der Waals surface area contributed by atoms with Crippen LogP contribution in [0.1, 0.15) is 22.6 Å². The fourth-order valence-electron chi connectivity index (χ4n) is 3.54. The molecule has 1 amide bonds. The van der Waals surface area contributed by atoms with E-state index >= 15 is 0 Å². The van der Waals surface area contributed by atoms with Crippen LogP contribution in [0.5, 0.6) is 0 Å². The number of hydrogen-bond donors (Lipinski definition) is 2. The number of pyridine rings is 2. The Kier molecular flexibility index (Phi) is 6.51. The van der Waals surface area contributed by atoms with E-state index in [1.807, 2.05) is 29.0 Å². The lowest BCUT2D eigenvalue weighted by Gasteiger charge is -2.19. The normalized spacial score (nSPS) is 11.8. The highest BCUT2D eigenvalue weighted by Crippen LogP contribution is 2.32. The number of amides is 1. The van der Waals surface area contributed by atoms with Gasteiger partial charge in [0.25, 0.3) is 0 Å². The second-order valence-electron chi connectivity index (χ2n) is 7.22. The molecular formula is C24H20F2N4OS. The van der Waals surface area contributed by atoms with Crippen molar-refractivity contribution in [2.45, 2.75) is 12.3 Å². The number of hydrogen-bond acceptors (Lipinski definition) is 5. The first kappa shape index (κ1) is 21.6. The van der Waals surface area contributed by atoms with Crippen LogP contribution in [0, 0.1) is 11.6 Å². The zero-order valence-electron chi connectivity index (χ0n) is 17.0. The van der Waals surface area contributed by atoms with Gasteiger partial charge in [0.05, 0.1) is 11.6 Å². The van der Waals surface area contributed by atoms with Gasteiger partial charge in [-0.15, -0.1) is 0 Å². The van der Waals surface area contributed by atoms with Crippen LogP contribution in [0.4, 0.5) is 14.6 Å². The first-order chi connectivity index (χ1) is 15.5. The average molecular weight is 451 g/mol. The van der Waals surface area contributed by atoms with Crippen LogP contribution in [0.3, 0.4) is 0 Å². The van der Waals surface area contributed by atoms with E-state index in [1.54, 1.807) is 35.9 Å². The Morgan fingerprint density at radius 2 is 1.94 bits per heavy atom. The minimum atomic E-state index is -0.748. The Labute approximate surface area is 188 Å². The summed E-state index contributed by atoms with van der Waals surface area (Å²) in [5, 5.41) is 7.16. The van der Waals surface area contributed by atoms with E-state index in [9.17, 15) is 13.6 Å². The van der Waals surface area contributed by atoms with Gasteiger partial charge in [0.15, 0.2) is 0 Å². The summed E-state index contributed by atoms with van der Waals surface area (Å²) in [7, 11) is 0.